The second-order valence-corrected chi connectivity index (χ2v) is 4.91. The lowest BCUT2D eigenvalue weighted by molar-refractivity contribution is 0.319. The van der Waals surface area contributed by atoms with Crippen molar-refractivity contribution in [2.75, 3.05) is 0 Å². The van der Waals surface area contributed by atoms with Gasteiger partial charge in [0.05, 0.1) is 12.6 Å². The van der Waals surface area contributed by atoms with Crippen molar-refractivity contribution in [1.82, 2.24) is 25.5 Å². The summed E-state index contributed by atoms with van der Waals surface area (Å²) in [6, 6.07) is 1.11. The zero-order valence-corrected chi connectivity index (χ0v) is 10.3. The van der Waals surface area contributed by atoms with Gasteiger partial charge in [0.2, 0.25) is 0 Å². The smallest absolute Gasteiger partial charge is 0.165 e. The van der Waals surface area contributed by atoms with E-state index in [2.05, 4.69) is 41.6 Å². The first-order chi connectivity index (χ1) is 7.72. The van der Waals surface area contributed by atoms with Gasteiger partial charge in [-0.25, -0.2) is 4.68 Å². The molecule has 1 aromatic rings. The Morgan fingerprint density at radius 1 is 1.44 bits per heavy atom. The summed E-state index contributed by atoms with van der Waals surface area (Å²) in [7, 11) is 0. The van der Waals surface area contributed by atoms with Crippen LogP contribution in [0.4, 0.5) is 0 Å². The second kappa shape index (κ2) is 4.91. The van der Waals surface area contributed by atoms with Crippen LogP contribution in [0.3, 0.4) is 0 Å². The molecular weight excluding hydrogens is 202 g/mol. The highest BCUT2D eigenvalue weighted by molar-refractivity contribution is 4.89. The van der Waals surface area contributed by atoms with Crippen LogP contribution in [0, 0.1) is 5.92 Å². The van der Waals surface area contributed by atoms with Gasteiger partial charge in [-0.05, 0) is 35.6 Å². The molecule has 1 fully saturated rings. The van der Waals surface area contributed by atoms with E-state index in [1.807, 2.05) is 4.68 Å². The third-order valence-electron chi connectivity index (χ3n) is 3.19. The Bertz CT molecular complexity index is 329. The van der Waals surface area contributed by atoms with Crippen LogP contribution in [0.1, 0.15) is 51.9 Å². The first kappa shape index (κ1) is 11.5. The van der Waals surface area contributed by atoms with E-state index in [1.165, 1.54) is 12.8 Å². The standard InChI is InChI=1S/C11H21N5/c1-4-10(8(2)3)16-11(13-14-15-16)7-12-9-5-6-9/h8-10,12H,4-7H2,1-3H3. The monoisotopic (exact) mass is 223 g/mol. The van der Waals surface area contributed by atoms with Crippen LogP contribution < -0.4 is 5.32 Å². The first-order valence-corrected chi connectivity index (χ1v) is 6.22. The molecule has 1 N–H and O–H groups in total. The predicted octanol–water partition coefficient (Wildman–Crippen LogP) is 1.53. The maximum atomic E-state index is 4.12. The molecule has 0 saturated heterocycles. The van der Waals surface area contributed by atoms with Crippen molar-refractivity contribution in [3.8, 4) is 0 Å². The zero-order valence-electron chi connectivity index (χ0n) is 10.3. The molecule has 1 atom stereocenters. The van der Waals surface area contributed by atoms with Gasteiger partial charge in [-0.1, -0.05) is 20.8 Å². The average molecular weight is 223 g/mol. The van der Waals surface area contributed by atoms with E-state index in [4.69, 9.17) is 0 Å². The number of aromatic nitrogens is 4. The zero-order chi connectivity index (χ0) is 11.5. The summed E-state index contributed by atoms with van der Waals surface area (Å²) in [5, 5.41) is 15.5. The number of nitrogens with one attached hydrogen (secondary N) is 1. The second-order valence-electron chi connectivity index (χ2n) is 4.91. The van der Waals surface area contributed by atoms with E-state index in [1.54, 1.807) is 0 Å². The molecule has 0 radical (unpaired) electrons. The summed E-state index contributed by atoms with van der Waals surface area (Å²) in [5.74, 6) is 1.53. The lowest BCUT2D eigenvalue weighted by atomic mass is 10.0. The fourth-order valence-corrected chi connectivity index (χ4v) is 2.04. The fourth-order valence-electron chi connectivity index (χ4n) is 2.04. The number of hydrogen-bond donors (Lipinski definition) is 1. The van der Waals surface area contributed by atoms with Gasteiger partial charge in [-0.2, -0.15) is 0 Å². The number of nitrogens with zero attached hydrogens (tertiary/aromatic N) is 4. The van der Waals surface area contributed by atoms with E-state index >= 15 is 0 Å². The fraction of sp³-hybridized carbons (Fsp3) is 0.909. The van der Waals surface area contributed by atoms with Crippen molar-refractivity contribution in [2.24, 2.45) is 5.92 Å². The topological polar surface area (TPSA) is 55.6 Å². The molecule has 1 unspecified atom stereocenters. The maximum Gasteiger partial charge on any atom is 0.165 e. The predicted molar refractivity (Wildman–Crippen MR) is 61.8 cm³/mol. The Kier molecular flexibility index (Phi) is 3.53. The van der Waals surface area contributed by atoms with Crippen LogP contribution >= 0.6 is 0 Å². The van der Waals surface area contributed by atoms with Crippen molar-refractivity contribution >= 4 is 0 Å². The summed E-state index contributed by atoms with van der Waals surface area (Å²) in [5.41, 5.74) is 0. The molecule has 90 valence electrons. The highest BCUT2D eigenvalue weighted by Gasteiger charge is 2.23. The molecule has 5 nitrogen and oxygen atoms in total. The quantitative estimate of drug-likeness (QED) is 0.794. The van der Waals surface area contributed by atoms with E-state index in [0.717, 1.165) is 18.8 Å². The van der Waals surface area contributed by atoms with Crippen LogP contribution in [-0.4, -0.2) is 26.2 Å². The molecule has 1 aliphatic rings. The molecule has 0 spiro atoms. The molecule has 16 heavy (non-hydrogen) atoms. The lowest BCUT2D eigenvalue weighted by Gasteiger charge is -2.20. The summed E-state index contributed by atoms with van der Waals surface area (Å²) in [4.78, 5) is 0. The van der Waals surface area contributed by atoms with Gasteiger partial charge >= 0.3 is 0 Å². The Morgan fingerprint density at radius 3 is 2.75 bits per heavy atom. The van der Waals surface area contributed by atoms with E-state index in [9.17, 15) is 0 Å². The normalized spacial score (nSPS) is 18.0. The van der Waals surface area contributed by atoms with E-state index in [-0.39, 0.29) is 0 Å². The van der Waals surface area contributed by atoms with Crippen molar-refractivity contribution < 1.29 is 0 Å². The minimum atomic E-state index is 0.408. The molecule has 0 aliphatic heterocycles. The van der Waals surface area contributed by atoms with Gasteiger partial charge in [-0.3, -0.25) is 0 Å². The largest absolute Gasteiger partial charge is 0.307 e. The number of rotatable bonds is 6. The molecule has 0 aromatic carbocycles. The summed E-state index contributed by atoms with van der Waals surface area (Å²) in [6.07, 6.45) is 3.66. The van der Waals surface area contributed by atoms with Crippen molar-refractivity contribution in [3.63, 3.8) is 0 Å². The van der Waals surface area contributed by atoms with Crippen LogP contribution in [0.2, 0.25) is 0 Å². The molecule has 1 saturated carbocycles. The third-order valence-corrected chi connectivity index (χ3v) is 3.19. The highest BCUT2D eigenvalue weighted by Crippen LogP contribution is 2.22. The van der Waals surface area contributed by atoms with E-state index in [0.29, 0.717) is 18.0 Å². The third kappa shape index (κ3) is 2.58. The molecule has 2 rings (SSSR count). The van der Waals surface area contributed by atoms with Crippen molar-refractivity contribution in [2.45, 2.75) is 58.7 Å². The molecule has 1 aliphatic carbocycles. The Morgan fingerprint density at radius 2 is 2.19 bits per heavy atom. The van der Waals surface area contributed by atoms with Crippen LogP contribution in [0.15, 0.2) is 0 Å². The van der Waals surface area contributed by atoms with Gasteiger partial charge in [0, 0.05) is 6.04 Å². The summed E-state index contributed by atoms with van der Waals surface area (Å²) in [6.45, 7) is 7.41. The molecule has 1 heterocycles. The van der Waals surface area contributed by atoms with Gasteiger partial charge in [0.25, 0.3) is 0 Å². The van der Waals surface area contributed by atoms with Gasteiger partial charge in [-0.15, -0.1) is 5.10 Å². The molecule has 5 heteroatoms. The minimum Gasteiger partial charge on any atom is -0.307 e. The van der Waals surface area contributed by atoms with Gasteiger partial charge in [0.1, 0.15) is 0 Å². The molecule has 0 bridgehead atoms. The number of tetrazole rings is 1. The average Bonchev–Trinajstić information content (AvgIpc) is 2.97. The molecule has 0 amide bonds. The van der Waals surface area contributed by atoms with Crippen LogP contribution in [-0.2, 0) is 6.54 Å². The van der Waals surface area contributed by atoms with Gasteiger partial charge < -0.3 is 5.32 Å². The Hall–Kier alpha value is -0.970. The Labute approximate surface area is 96.6 Å². The summed E-state index contributed by atoms with van der Waals surface area (Å²) < 4.78 is 1.99. The van der Waals surface area contributed by atoms with Crippen LogP contribution in [0.5, 0.6) is 0 Å². The first-order valence-electron chi connectivity index (χ1n) is 6.22. The van der Waals surface area contributed by atoms with E-state index < -0.39 is 0 Å². The molecule has 1 aromatic heterocycles. The number of hydrogen-bond acceptors (Lipinski definition) is 4. The molecular formula is C11H21N5. The van der Waals surface area contributed by atoms with Crippen molar-refractivity contribution in [3.05, 3.63) is 5.82 Å². The maximum absolute atomic E-state index is 4.12. The Balaban J connectivity index is 2.03. The summed E-state index contributed by atoms with van der Waals surface area (Å²) >= 11 is 0. The lowest BCUT2D eigenvalue weighted by Crippen LogP contribution is -2.23. The van der Waals surface area contributed by atoms with Crippen LogP contribution in [0.25, 0.3) is 0 Å². The minimum absolute atomic E-state index is 0.408. The highest BCUT2D eigenvalue weighted by atomic mass is 15.6. The van der Waals surface area contributed by atoms with Gasteiger partial charge in [0.15, 0.2) is 5.82 Å². The SMILES string of the molecule is CCC(C(C)C)n1nnnc1CNC1CC1. The van der Waals surface area contributed by atoms with Crippen molar-refractivity contribution in [1.29, 1.82) is 0 Å².